The van der Waals surface area contributed by atoms with Crippen LogP contribution in [-0.4, -0.2) is 87.4 Å². The first-order chi connectivity index (χ1) is 24.8. The Labute approximate surface area is 442 Å². The summed E-state index contributed by atoms with van der Waals surface area (Å²) in [7, 11) is 0. The Kier molecular flexibility index (Phi) is 146. The average Bonchev–Trinajstić information content (AvgIpc) is 3.01. The van der Waals surface area contributed by atoms with Gasteiger partial charge in [0.2, 0.25) is 0 Å². The summed E-state index contributed by atoms with van der Waals surface area (Å²) in [6.07, 6.45) is 0. The molecule has 0 radical (unpaired) electrons. The molecular formula is C24H48MoN6O6S18. The zero-order valence-electron chi connectivity index (χ0n) is 31.7. The fourth-order valence-electron chi connectivity index (χ4n) is 1.41. The van der Waals surface area contributed by atoms with Gasteiger partial charge in [0, 0.05) is 36.3 Å². The molecule has 0 aliphatic rings. The van der Waals surface area contributed by atoms with Crippen LogP contribution in [0, 0.1) is 0 Å². The molecular weight excluding hydrogens is 1140 g/mol. The van der Waals surface area contributed by atoms with Gasteiger partial charge in [0.25, 0.3) is 0 Å². The van der Waals surface area contributed by atoms with Crippen molar-refractivity contribution in [1.82, 2.24) is 31.9 Å². The molecule has 0 saturated heterocycles. The quantitative estimate of drug-likeness (QED) is 0.130. The maximum absolute atomic E-state index is 7.83. The number of thiocarbonyl (C=S) groups is 6. The molecule has 0 aliphatic carbocycles. The second-order valence-corrected chi connectivity index (χ2v) is 16.0. The second kappa shape index (κ2) is 87.1. The van der Waals surface area contributed by atoms with Gasteiger partial charge in [-0.1, -0.05) is 25.9 Å². The van der Waals surface area contributed by atoms with Gasteiger partial charge < -0.3 is 181 Å². The topological polar surface area (TPSA) is 175 Å². The first kappa shape index (κ1) is 91.9. The molecule has 0 amide bonds. The smallest absolute Gasteiger partial charge is 0.412 e. The maximum atomic E-state index is 7.83. The van der Waals surface area contributed by atoms with E-state index in [-0.39, 0.29) is 21.1 Å². The molecule has 324 valence electrons. The van der Waals surface area contributed by atoms with Gasteiger partial charge in [-0.2, -0.15) is 25.3 Å². The van der Waals surface area contributed by atoms with E-state index < -0.39 is 0 Å². The van der Waals surface area contributed by atoms with Crippen molar-refractivity contribution in [3.63, 3.8) is 0 Å². The van der Waals surface area contributed by atoms with Crippen molar-refractivity contribution >= 4 is 250 Å². The second-order valence-electron chi connectivity index (χ2n) is 9.52. The Hall–Kier alpha value is 1.47. The Balaban J connectivity index is -0.0000000330. The van der Waals surface area contributed by atoms with Gasteiger partial charge in [-0.05, 0) is 83.1 Å². The minimum Gasteiger partial charge on any atom is -0.412 e. The van der Waals surface area contributed by atoms with Gasteiger partial charge in [0.1, 0.15) is 0 Å². The van der Waals surface area contributed by atoms with Crippen molar-refractivity contribution in [2.24, 2.45) is 0 Å². The fraction of sp³-hybridized carbons (Fsp3) is 0.750. The van der Waals surface area contributed by atoms with E-state index in [0.717, 1.165) is 0 Å². The molecule has 12 nitrogen and oxygen atoms in total. The monoisotopic (exact) mass is 1190 g/mol. The molecule has 0 saturated carbocycles. The molecule has 55 heavy (non-hydrogen) atoms. The van der Waals surface area contributed by atoms with Crippen molar-refractivity contribution in [1.29, 1.82) is 0 Å². The largest absolute Gasteiger partial charge is 6.00 e. The van der Waals surface area contributed by atoms with E-state index in [0.29, 0.717) is 62.2 Å². The van der Waals surface area contributed by atoms with Gasteiger partial charge in [-0.15, -0.1) is 0 Å². The Morgan fingerprint density at radius 2 is 0.327 bits per heavy atom. The Bertz CT molecular complexity index is 693. The minimum absolute atomic E-state index is 0. The molecule has 0 atom stereocenters. The van der Waals surface area contributed by atoms with Crippen LogP contribution in [0.1, 0.15) is 83.1 Å². The van der Waals surface area contributed by atoms with E-state index in [2.05, 4.69) is 256 Å². The number of nitrogens with one attached hydrogen (secondary N) is 6. The van der Waals surface area contributed by atoms with E-state index in [1.807, 2.05) is 83.1 Å². The van der Waals surface area contributed by atoms with Crippen LogP contribution >= 0.6 is 73.3 Å². The van der Waals surface area contributed by atoms with Crippen LogP contribution in [0.25, 0.3) is 0 Å². The number of rotatable bonds is 6. The fourth-order valence-corrected chi connectivity index (χ4v) is 4.24. The van der Waals surface area contributed by atoms with Crippen LogP contribution < -0.4 is 31.9 Å². The van der Waals surface area contributed by atoms with Crippen LogP contribution in [-0.2, 0) is 172 Å². The van der Waals surface area contributed by atoms with E-state index in [4.69, 9.17) is 25.3 Å². The Morgan fingerprint density at radius 3 is 0.327 bits per heavy atom. The van der Waals surface area contributed by atoms with Crippen LogP contribution in [0.5, 0.6) is 0 Å². The van der Waals surface area contributed by atoms with E-state index in [1.54, 1.807) is 0 Å². The molecule has 0 heterocycles. The van der Waals surface area contributed by atoms with Crippen molar-refractivity contribution in [3.05, 3.63) is 0 Å². The Morgan fingerprint density at radius 1 is 0.273 bits per heavy atom. The number of hydrogen-bond acceptors (Lipinski definition) is 24. The predicted molar refractivity (Wildman–Crippen MR) is 278 cm³/mol. The normalized spacial score (nSPS) is 7.31. The molecule has 31 heteroatoms. The first-order valence-electron chi connectivity index (χ1n) is 13.6. The molecule has 0 unspecified atom stereocenters. The van der Waals surface area contributed by atoms with E-state index in [9.17, 15) is 0 Å². The third-order valence-corrected chi connectivity index (χ3v) is 3.85. The summed E-state index contributed by atoms with van der Waals surface area (Å²) in [5.41, 5.74) is 0. The van der Waals surface area contributed by atoms with Crippen molar-refractivity contribution in [2.45, 2.75) is 119 Å². The summed E-state index contributed by atoms with van der Waals surface area (Å²) in [5.74, 6) is 0. The summed E-state index contributed by atoms with van der Waals surface area (Å²) >= 11 is 71.9. The first-order valence-corrected chi connectivity index (χ1v) is 20.5. The molecule has 0 aromatic carbocycles. The molecule has 0 aromatic rings. The summed E-state index contributed by atoms with van der Waals surface area (Å²) in [6.45, 7) is 24.0. The van der Waals surface area contributed by atoms with E-state index >= 15 is 0 Å². The van der Waals surface area contributed by atoms with Crippen LogP contribution in [0.4, 0.5) is 0 Å². The van der Waals surface area contributed by atoms with Crippen molar-refractivity contribution < 1.29 is 46.3 Å². The van der Waals surface area contributed by atoms with Crippen LogP contribution in [0.15, 0.2) is 0 Å². The van der Waals surface area contributed by atoms with Crippen molar-refractivity contribution in [2.75, 3.05) is 0 Å². The SMILES string of the molecule is CC(C)NC(=S)[S-].CC(C)NC(=S)[S-].CC(C)NC(=S)[S-].CC(C)NC(=S)[S-].CC(C)NC(=S)[S-].CC(C)NC(=S)[S-].O=S.O=S.O=S.O=S.O=S.O=S.[Mo+6]. The van der Waals surface area contributed by atoms with Crippen LogP contribution in [0.3, 0.4) is 0 Å². The molecule has 0 rings (SSSR count). The molecule has 0 bridgehead atoms. The van der Waals surface area contributed by atoms with Gasteiger partial charge in [-0.3, -0.25) is 0 Å². The maximum Gasteiger partial charge on any atom is 6.00 e. The minimum atomic E-state index is 0. The molecule has 6 N–H and O–H groups in total. The van der Waals surface area contributed by atoms with Gasteiger partial charge in [-0.25, -0.2) is 0 Å². The number of hydrogen-bond donors (Lipinski definition) is 6. The van der Waals surface area contributed by atoms with E-state index in [1.165, 1.54) is 0 Å². The van der Waals surface area contributed by atoms with Gasteiger partial charge in [0.05, 0.1) is 0 Å². The average molecular weight is 1190 g/mol. The molecule has 0 aliphatic heterocycles. The van der Waals surface area contributed by atoms with Gasteiger partial charge >= 0.3 is 21.1 Å². The third-order valence-electron chi connectivity index (χ3n) is 2.44. The van der Waals surface area contributed by atoms with Crippen LogP contribution in [0.2, 0.25) is 0 Å². The zero-order chi connectivity index (χ0) is 47.2. The summed E-state index contributed by atoms with van der Waals surface area (Å²) in [4.78, 5) is 0. The predicted octanol–water partition coefficient (Wildman–Crippen LogP) is 2.88. The zero-order valence-corrected chi connectivity index (χ0v) is 48.4. The van der Waals surface area contributed by atoms with Gasteiger partial charge in [0.15, 0.2) is 75.2 Å². The molecule has 0 aromatic heterocycles. The molecule has 0 fully saturated rings. The summed E-state index contributed by atoms with van der Waals surface area (Å²) in [5, 5.41) is 17.1. The summed E-state index contributed by atoms with van der Waals surface area (Å²) in [6, 6.07) is 2.28. The van der Waals surface area contributed by atoms with Crippen molar-refractivity contribution in [3.8, 4) is 0 Å². The molecule has 0 spiro atoms. The summed E-state index contributed by atoms with van der Waals surface area (Å²) < 4.78 is 49.7. The standard InChI is InChI=1S/6C4H9NS2.Mo.6OS/c6*1-3(2)5-4(6)7;;6*1-2/h6*3H,1-2H3,(H2,5,6,7);;;;;;;/q;;;;;;+6;;;;;;/p-6. The third kappa shape index (κ3) is 244.